The second-order valence-electron chi connectivity index (χ2n) is 3.69. The van der Waals surface area contributed by atoms with Crippen LogP contribution in [0.2, 0.25) is 5.02 Å². The summed E-state index contributed by atoms with van der Waals surface area (Å²) in [6, 6.07) is 8.26. The Kier molecular flexibility index (Phi) is 3.06. The van der Waals surface area contributed by atoms with Gasteiger partial charge in [-0.15, -0.1) is 0 Å². The molecule has 0 aliphatic heterocycles. The van der Waals surface area contributed by atoms with Crippen LogP contribution in [-0.2, 0) is 4.84 Å². The summed E-state index contributed by atoms with van der Waals surface area (Å²) in [6.45, 7) is 0. The number of rotatable bonds is 4. The lowest BCUT2D eigenvalue weighted by Gasteiger charge is -2.16. The van der Waals surface area contributed by atoms with Crippen molar-refractivity contribution in [2.75, 3.05) is 7.11 Å². The van der Waals surface area contributed by atoms with Gasteiger partial charge in [-0.05, 0) is 36.5 Å². The van der Waals surface area contributed by atoms with E-state index in [2.05, 4.69) is 17.6 Å². The summed E-state index contributed by atoms with van der Waals surface area (Å²) in [5.41, 5.74) is 4.29. The maximum Gasteiger partial charge on any atom is 0.0599 e. The van der Waals surface area contributed by atoms with Crippen LogP contribution in [0.1, 0.15) is 24.4 Å². The lowest BCUT2D eigenvalue weighted by atomic mass is 10.0. The van der Waals surface area contributed by atoms with Crippen LogP contribution < -0.4 is 5.48 Å². The third kappa shape index (κ3) is 2.27. The molecule has 1 unspecified atom stereocenters. The lowest BCUT2D eigenvalue weighted by molar-refractivity contribution is 0.0536. The normalized spacial score (nSPS) is 18.1. The first kappa shape index (κ1) is 9.97. The van der Waals surface area contributed by atoms with E-state index in [4.69, 9.17) is 16.4 Å². The Hall–Kier alpha value is -0.570. The molecule has 14 heavy (non-hydrogen) atoms. The number of hydrogen-bond acceptors (Lipinski definition) is 2. The van der Waals surface area contributed by atoms with Crippen LogP contribution in [0.5, 0.6) is 0 Å². The van der Waals surface area contributed by atoms with Gasteiger partial charge >= 0.3 is 0 Å². The number of halogens is 1. The Balaban J connectivity index is 2.13. The molecule has 1 aromatic rings. The van der Waals surface area contributed by atoms with Gasteiger partial charge in [0.05, 0.1) is 13.2 Å². The average Bonchev–Trinajstić information content (AvgIpc) is 2.99. The van der Waals surface area contributed by atoms with Crippen molar-refractivity contribution in [1.29, 1.82) is 0 Å². The molecule has 0 heterocycles. The highest BCUT2D eigenvalue weighted by molar-refractivity contribution is 6.30. The minimum Gasteiger partial charge on any atom is -0.305 e. The van der Waals surface area contributed by atoms with Gasteiger partial charge in [0.15, 0.2) is 0 Å². The maximum absolute atomic E-state index is 5.84. The molecule has 1 aromatic carbocycles. The molecule has 0 saturated heterocycles. The summed E-state index contributed by atoms with van der Waals surface area (Å²) in [5.74, 6) is 0.719. The summed E-state index contributed by atoms with van der Waals surface area (Å²) in [5, 5.41) is 0.778. The van der Waals surface area contributed by atoms with Gasteiger partial charge in [0, 0.05) is 5.02 Å². The van der Waals surface area contributed by atoms with Crippen LogP contribution in [0.15, 0.2) is 24.3 Å². The van der Waals surface area contributed by atoms with Crippen LogP contribution in [0, 0.1) is 5.92 Å². The molecule has 0 bridgehead atoms. The highest BCUT2D eigenvalue weighted by Gasteiger charge is 2.32. The Morgan fingerprint density at radius 1 is 1.36 bits per heavy atom. The monoisotopic (exact) mass is 211 g/mol. The van der Waals surface area contributed by atoms with E-state index in [0.717, 1.165) is 10.9 Å². The quantitative estimate of drug-likeness (QED) is 0.774. The third-order valence-electron chi connectivity index (χ3n) is 2.57. The highest BCUT2D eigenvalue weighted by atomic mass is 35.5. The summed E-state index contributed by atoms with van der Waals surface area (Å²) in [6.07, 6.45) is 2.56. The van der Waals surface area contributed by atoms with Crippen LogP contribution in [0.3, 0.4) is 0 Å². The van der Waals surface area contributed by atoms with Crippen molar-refractivity contribution in [1.82, 2.24) is 5.48 Å². The largest absolute Gasteiger partial charge is 0.305 e. The van der Waals surface area contributed by atoms with Gasteiger partial charge in [0.1, 0.15) is 0 Å². The van der Waals surface area contributed by atoms with Crippen molar-refractivity contribution in [3.8, 4) is 0 Å². The fourth-order valence-corrected chi connectivity index (χ4v) is 1.79. The molecule has 76 valence electrons. The Morgan fingerprint density at radius 3 is 2.50 bits per heavy atom. The van der Waals surface area contributed by atoms with Crippen LogP contribution in [0.25, 0.3) is 0 Å². The van der Waals surface area contributed by atoms with Crippen molar-refractivity contribution in [3.63, 3.8) is 0 Å². The molecule has 1 aliphatic rings. The Labute approximate surface area is 89.2 Å². The number of hydroxylamine groups is 1. The topological polar surface area (TPSA) is 21.3 Å². The van der Waals surface area contributed by atoms with Gasteiger partial charge < -0.3 is 4.84 Å². The standard InChI is InChI=1S/C11H14ClNO/c1-14-13-11(8-2-3-8)9-4-6-10(12)7-5-9/h4-8,11,13H,2-3H2,1H3. The van der Waals surface area contributed by atoms with E-state index < -0.39 is 0 Å². The minimum atomic E-state index is 0.317. The zero-order valence-electron chi connectivity index (χ0n) is 8.16. The van der Waals surface area contributed by atoms with E-state index in [0.29, 0.717) is 6.04 Å². The first-order chi connectivity index (χ1) is 6.81. The molecule has 0 spiro atoms. The average molecular weight is 212 g/mol. The lowest BCUT2D eigenvalue weighted by Crippen LogP contribution is -2.21. The molecule has 0 amide bonds. The van der Waals surface area contributed by atoms with E-state index in [-0.39, 0.29) is 0 Å². The van der Waals surface area contributed by atoms with Gasteiger partial charge in [0.25, 0.3) is 0 Å². The molecule has 1 atom stereocenters. The molecule has 1 N–H and O–H groups in total. The van der Waals surface area contributed by atoms with Crippen LogP contribution in [-0.4, -0.2) is 7.11 Å². The molecular formula is C11H14ClNO. The molecule has 0 aromatic heterocycles. The summed E-state index contributed by atoms with van der Waals surface area (Å²) in [7, 11) is 1.66. The van der Waals surface area contributed by atoms with Crippen molar-refractivity contribution in [2.24, 2.45) is 5.92 Å². The fourth-order valence-electron chi connectivity index (χ4n) is 1.66. The van der Waals surface area contributed by atoms with Crippen LogP contribution in [0.4, 0.5) is 0 Å². The molecule has 0 radical (unpaired) electrons. The summed E-state index contributed by atoms with van der Waals surface area (Å²) < 4.78 is 0. The smallest absolute Gasteiger partial charge is 0.0599 e. The number of benzene rings is 1. The number of nitrogens with one attached hydrogen (secondary N) is 1. The van der Waals surface area contributed by atoms with E-state index in [1.807, 2.05) is 12.1 Å². The molecule has 2 nitrogen and oxygen atoms in total. The zero-order valence-corrected chi connectivity index (χ0v) is 8.92. The molecule has 1 aliphatic carbocycles. The third-order valence-corrected chi connectivity index (χ3v) is 2.82. The van der Waals surface area contributed by atoms with E-state index in [9.17, 15) is 0 Å². The van der Waals surface area contributed by atoms with E-state index in [1.54, 1.807) is 7.11 Å². The van der Waals surface area contributed by atoms with Gasteiger partial charge in [-0.2, -0.15) is 5.48 Å². The van der Waals surface area contributed by atoms with Gasteiger partial charge in [-0.25, -0.2) is 0 Å². The van der Waals surface area contributed by atoms with E-state index in [1.165, 1.54) is 18.4 Å². The van der Waals surface area contributed by atoms with Crippen molar-refractivity contribution < 1.29 is 4.84 Å². The van der Waals surface area contributed by atoms with Crippen molar-refractivity contribution in [3.05, 3.63) is 34.9 Å². The Morgan fingerprint density at radius 2 is 2.00 bits per heavy atom. The molecule has 1 saturated carbocycles. The minimum absolute atomic E-state index is 0.317. The molecule has 3 heteroatoms. The van der Waals surface area contributed by atoms with Crippen LogP contribution >= 0.6 is 11.6 Å². The SMILES string of the molecule is CONC(c1ccc(Cl)cc1)C1CC1. The number of hydrogen-bond donors (Lipinski definition) is 1. The molecule has 1 fully saturated rings. The van der Waals surface area contributed by atoms with Crippen molar-refractivity contribution >= 4 is 11.6 Å². The Bertz CT molecular complexity index is 295. The molecule has 2 rings (SSSR count). The van der Waals surface area contributed by atoms with Gasteiger partial charge in [0.2, 0.25) is 0 Å². The highest BCUT2D eigenvalue weighted by Crippen LogP contribution is 2.41. The predicted molar refractivity (Wildman–Crippen MR) is 57.1 cm³/mol. The molecular weight excluding hydrogens is 198 g/mol. The van der Waals surface area contributed by atoms with E-state index >= 15 is 0 Å². The summed E-state index contributed by atoms with van der Waals surface area (Å²) in [4.78, 5) is 5.01. The first-order valence-corrected chi connectivity index (χ1v) is 5.23. The predicted octanol–water partition coefficient (Wildman–Crippen LogP) is 2.94. The second kappa shape index (κ2) is 4.30. The fraction of sp³-hybridized carbons (Fsp3) is 0.455. The zero-order chi connectivity index (χ0) is 9.97. The maximum atomic E-state index is 5.84. The summed E-state index contributed by atoms with van der Waals surface area (Å²) >= 11 is 5.84. The van der Waals surface area contributed by atoms with Gasteiger partial charge in [-0.1, -0.05) is 23.7 Å². The first-order valence-electron chi connectivity index (χ1n) is 4.85. The second-order valence-corrected chi connectivity index (χ2v) is 4.13. The van der Waals surface area contributed by atoms with Gasteiger partial charge in [-0.3, -0.25) is 0 Å². The van der Waals surface area contributed by atoms with Crippen molar-refractivity contribution in [2.45, 2.75) is 18.9 Å².